The number of rotatable bonds is 3. The van der Waals surface area contributed by atoms with Crippen molar-refractivity contribution in [1.29, 1.82) is 0 Å². The molecule has 5 heteroatoms. The summed E-state index contributed by atoms with van der Waals surface area (Å²) in [5.41, 5.74) is 0.473. The lowest BCUT2D eigenvalue weighted by atomic mass is 10.0. The molecule has 0 spiro atoms. The van der Waals surface area contributed by atoms with Gasteiger partial charge in [-0.05, 0) is 29.8 Å². The fourth-order valence-electron chi connectivity index (χ4n) is 1.79. The minimum absolute atomic E-state index is 0.0553. The first-order valence-electron chi connectivity index (χ1n) is 5.55. The molecule has 2 aromatic rings. The first kappa shape index (κ1) is 14.3. The van der Waals surface area contributed by atoms with E-state index in [1.165, 1.54) is 0 Å². The lowest BCUT2D eigenvalue weighted by Crippen LogP contribution is -2.05. The Balaban J connectivity index is 2.28. The molecule has 0 saturated carbocycles. The van der Waals surface area contributed by atoms with Gasteiger partial charge in [-0.25, -0.2) is 8.78 Å². The molecule has 19 heavy (non-hydrogen) atoms. The summed E-state index contributed by atoms with van der Waals surface area (Å²) >= 11 is 11.8. The molecule has 1 atom stereocenters. The molecule has 1 N–H and O–H groups in total. The fourth-order valence-corrected chi connectivity index (χ4v) is 2.19. The van der Waals surface area contributed by atoms with Crippen LogP contribution in [0, 0.1) is 11.6 Å². The van der Waals surface area contributed by atoms with Gasteiger partial charge in [0, 0.05) is 12.0 Å². The van der Waals surface area contributed by atoms with Crippen LogP contribution >= 0.6 is 23.2 Å². The Labute approximate surface area is 119 Å². The van der Waals surface area contributed by atoms with Gasteiger partial charge in [0.1, 0.15) is 11.6 Å². The third-order valence-corrected chi connectivity index (χ3v) is 3.62. The van der Waals surface area contributed by atoms with Gasteiger partial charge in [0.05, 0.1) is 16.1 Å². The van der Waals surface area contributed by atoms with E-state index in [0.29, 0.717) is 15.6 Å². The zero-order chi connectivity index (χ0) is 14.0. The van der Waals surface area contributed by atoms with Crippen molar-refractivity contribution in [2.45, 2.75) is 12.5 Å². The normalized spacial score (nSPS) is 12.5. The van der Waals surface area contributed by atoms with Crippen LogP contribution < -0.4 is 0 Å². The average molecular weight is 303 g/mol. The molecule has 100 valence electrons. The minimum atomic E-state index is -1.19. The van der Waals surface area contributed by atoms with Crippen molar-refractivity contribution in [3.8, 4) is 0 Å². The smallest absolute Gasteiger partial charge is 0.129 e. The van der Waals surface area contributed by atoms with Gasteiger partial charge in [-0.3, -0.25) is 0 Å². The summed E-state index contributed by atoms with van der Waals surface area (Å²) < 4.78 is 26.6. The first-order valence-corrected chi connectivity index (χ1v) is 6.30. The topological polar surface area (TPSA) is 20.2 Å². The maximum absolute atomic E-state index is 13.5. The molecule has 1 nitrogen and oxygen atoms in total. The Morgan fingerprint density at radius 3 is 2.58 bits per heavy atom. The highest BCUT2D eigenvalue weighted by Gasteiger charge is 2.16. The van der Waals surface area contributed by atoms with Crippen molar-refractivity contribution in [1.82, 2.24) is 0 Å². The maximum atomic E-state index is 13.5. The van der Waals surface area contributed by atoms with Crippen LogP contribution in [0.3, 0.4) is 0 Å². The molecule has 1 unspecified atom stereocenters. The van der Waals surface area contributed by atoms with E-state index in [1.807, 2.05) is 0 Å². The minimum Gasteiger partial charge on any atom is -0.388 e. The standard InChI is InChI=1S/C14H10Cl2F2O/c15-11-3-1-2-8(14(11)16)6-13(19)10-7-9(17)4-5-12(10)18/h1-5,7,13,19H,6H2. The molecule has 0 bridgehead atoms. The molecule has 0 saturated heterocycles. The Hall–Kier alpha value is -1.16. The highest BCUT2D eigenvalue weighted by atomic mass is 35.5. The second-order valence-corrected chi connectivity index (χ2v) is 4.88. The largest absolute Gasteiger partial charge is 0.388 e. The summed E-state index contributed by atoms with van der Waals surface area (Å²) in [5, 5.41) is 10.6. The monoisotopic (exact) mass is 302 g/mol. The highest BCUT2D eigenvalue weighted by Crippen LogP contribution is 2.30. The van der Waals surface area contributed by atoms with Gasteiger partial charge in [-0.1, -0.05) is 35.3 Å². The summed E-state index contributed by atoms with van der Waals surface area (Å²) in [7, 11) is 0. The fraction of sp³-hybridized carbons (Fsp3) is 0.143. The molecule has 0 radical (unpaired) electrons. The number of hydrogen-bond acceptors (Lipinski definition) is 1. The third kappa shape index (κ3) is 3.24. The van der Waals surface area contributed by atoms with Gasteiger partial charge in [0.2, 0.25) is 0 Å². The van der Waals surface area contributed by atoms with Crippen LogP contribution in [-0.4, -0.2) is 5.11 Å². The molecule has 2 aromatic carbocycles. The number of halogens is 4. The van der Waals surface area contributed by atoms with E-state index in [1.54, 1.807) is 18.2 Å². The van der Waals surface area contributed by atoms with Crippen molar-refractivity contribution in [3.05, 3.63) is 69.2 Å². The van der Waals surface area contributed by atoms with Crippen LogP contribution in [0.2, 0.25) is 10.0 Å². The Morgan fingerprint density at radius 2 is 1.84 bits per heavy atom. The summed E-state index contributed by atoms with van der Waals surface area (Å²) in [6.45, 7) is 0. The van der Waals surface area contributed by atoms with E-state index >= 15 is 0 Å². The third-order valence-electron chi connectivity index (χ3n) is 2.76. The van der Waals surface area contributed by atoms with Crippen molar-refractivity contribution in [2.75, 3.05) is 0 Å². The van der Waals surface area contributed by atoms with Gasteiger partial charge in [0.15, 0.2) is 0 Å². The Morgan fingerprint density at radius 1 is 1.11 bits per heavy atom. The molecular weight excluding hydrogens is 293 g/mol. The van der Waals surface area contributed by atoms with Crippen LogP contribution in [0.1, 0.15) is 17.2 Å². The number of benzene rings is 2. The highest BCUT2D eigenvalue weighted by molar-refractivity contribution is 6.42. The predicted octanol–water partition coefficient (Wildman–Crippen LogP) is 4.55. The van der Waals surface area contributed by atoms with Crippen molar-refractivity contribution >= 4 is 23.2 Å². The Bertz CT molecular complexity index is 602. The predicted molar refractivity (Wildman–Crippen MR) is 71.5 cm³/mol. The summed E-state index contributed by atoms with van der Waals surface area (Å²) in [5.74, 6) is -1.26. The lowest BCUT2D eigenvalue weighted by molar-refractivity contribution is 0.173. The van der Waals surface area contributed by atoms with Crippen LogP contribution in [-0.2, 0) is 6.42 Å². The number of hydrogen-bond donors (Lipinski definition) is 1. The SMILES string of the molecule is OC(Cc1cccc(Cl)c1Cl)c1cc(F)ccc1F. The second kappa shape index (κ2) is 5.87. The van der Waals surface area contributed by atoms with Crippen molar-refractivity contribution in [3.63, 3.8) is 0 Å². The van der Waals surface area contributed by atoms with Gasteiger partial charge in [0.25, 0.3) is 0 Å². The molecule has 0 aromatic heterocycles. The first-order chi connectivity index (χ1) is 8.99. The van der Waals surface area contributed by atoms with E-state index in [9.17, 15) is 13.9 Å². The van der Waals surface area contributed by atoms with Crippen LogP contribution in [0.5, 0.6) is 0 Å². The molecular formula is C14H10Cl2F2O. The Kier molecular flexibility index (Phi) is 4.40. The summed E-state index contributed by atoms with van der Waals surface area (Å²) in [4.78, 5) is 0. The van der Waals surface area contributed by atoms with Crippen molar-refractivity contribution in [2.24, 2.45) is 0 Å². The van der Waals surface area contributed by atoms with Gasteiger partial charge in [-0.2, -0.15) is 0 Å². The number of aliphatic hydroxyl groups is 1. The van der Waals surface area contributed by atoms with E-state index in [2.05, 4.69) is 0 Å². The zero-order valence-corrected chi connectivity index (χ0v) is 11.2. The molecule has 0 amide bonds. The van der Waals surface area contributed by atoms with Crippen LogP contribution in [0.4, 0.5) is 8.78 Å². The van der Waals surface area contributed by atoms with E-state index < -0.39 is 17.7 Å². The molecule has 2 rings (SSSR count). The molecule has 0 fully saturated rings. The van der Waals surface area contributed by atoms with Gasteiger partial charge in [-0.15, -0.1) is 0 Å². The molecule has 0 heterocycles. The van der Waals surface area contributed by atoms with E-state index in [-0.39, 0.29) is 12.0 Å². The van der Waals surface area contributed by atoms with E-state index in [0.717, 1.165) is 18.2 Å². The van der Waals surface area contributed by atoms with Crippen molar-refractivity contribution < 1.29 is 13.9 Å². The maximum Gasteiger partial charge on any atom is 0.129 e. The van der Waals surface area contributed by atoms with E-state index in [4.69, 9.17) is 23.2 Å². The summed E-state index contributed by atoms with van der Waals surface area (Å²) in [6.07, 6.45) is -1.13. The zero-order valence-electron chi connectivity index (χ0n) is 9.71. The molecule has 0 aliphatic carbocycles. The van der Waals surface area contributed by atoms with Gasteiger partial charge >= 0.3 is 0 Å². The second-order valence-electron chi connectivity index (χ2n) is 4.10. The van der Waals surface area contributed by atoms with Crippen LogP contribution in [0.25, 0.3) is 0 Å². The molecule has 0 aliphatic rings. The van der Waals surface area contributed by atoms with Crippen LogP contribution in [0.15, 0.2) is 36.4 Å². The summed E-state index contributed by atoms with van der Waals surface area (Å²) in [6, 6.07) is 7.92. The quantitative estimate of drug-likeness (QED) is 0.882. The average Bonchev–Trinajstić information content (AvgIpc) is 2.38. The lowest BCUT2D eigenvalue weighted by Gasteiger charge is -2.13. The van der Waals surface area contributed by atoms with Gasteiger partial charge < -0.3 is 5.11 Å². The number of aliphatic hydroxyl groups excluding tert-OH is 1. The molecule has 0 aliphatic heterocycles.